The van der Waals surface area contributed by atoms with Gasteiger partial charge < -0.3 is 9.64 Å². The van der Waals surface area contributed by atoms with E-state index in [1.54, 1.807) is 4.90 Å². The second-order valence-electron chi connectivity index (χ2n) is 9.42. The van der Waals surface area contributed by atoms with E-state index in [-0.39, 0.29) is 17.8 Å². The third-order valence-corrected chi connectivity index (χ3v) is 8.66. The highest BCUT2D eigenvalue weighted by Gasteiger charge is 2.33. The Labute approximate surface area is 237 Å². The van der Waals surface area contributed by atoms with Gasteiger partial charge in [-0.3, -0.25) is 14.5 Å². The molecule has 6 nitrogen and oxygen atoms in total. The Morgan fingerprint density at radius 1 is 1.21 bits per heavy atom. The summed E-state index contributed by atoms with van der Waals surface area (Å²) in [6.45, 7) is 5.96. The summed E-state index contributed by atoms with van der Waals surface area (Å²) in [7, 11) is 0. The van der Waals surface area contributed by atoms with Crippen LogP contribution in [0.2, 0.25) is 5.02 Å². The Balaban J connectivity index is 1.47. The van der Waals surface area contributed by atoms with Crippen LogP contribution in [0.5, 0.6) is 0 Å². The number of anilines is 1. The number of benzene rings is 2. The fourth-order valence-corrected chi connectivity index (χ4v) is 6.32. The lowest BCUT2D eigenvalue weighted by Crippen LogP contribution is -2.37. The van der Waals surface area contributed by atoms with Gasteiger partial charge in [-0.05, 0) is 56.0 Å². The Morgan fingerprint density at radius 2 is 1.97 bits per heavy atom. The van der Waals surface area contributed by atoms with Gasteiger partial charge in [-0.2, -0.15) is 0 Å². The van der Waals surface area contributed by atoms with Crippen LogP contribution >= 0.6 is 35.6 Å². The summed E-state index contributed by atoms with van der Waals surface area (Å²) >= 11 is 13.2. The van der Waals surface area contributed by atoms with Crippen LogP contribution in [0, 0.1) is 12.8 Å². The Kier molecular flexibility index (Phi) is 8.02. The van der Waals surface area contributed by atoms with E-state index in [1.807, 2.05) is 62.4 Å². The van der Waals surface area contributed by atoms with Crippen LogP contribution in [0.15, 0.2) is 53.4 Å². The number of esters is 1. The van der Waals surface area contributed by atoms with Crippen LogP contribution in [0.4, 0.5) is 5.82 Å². The number of carbonyl (C=O) groups excluding carboxylic acids is 2. The van der Waals surface area contributed by atoms with Crippen molar-refractivity contribution >= 4 is 74.6 Å². The van der Waals surface area contributed by atoms with Crippen molar-refractivity contribution in [1.82, 2.24) is 9.88 Å². The summed E-state index contributed by atoms with van der Waals surface area (Å²) in [5, 5.41) is 1.61. The highest BCUT2D eigenvalue weighted by atomic mass is 35.5. The fourth-order valence-electron chi connectivity index (χ4n) is 4.87. The number of amides is 1. The van der Waals surface area contributed by atoms with E-state index >= 15 is 0 Å². The molecule has 2 fully saturated rings. The SMILES string of the molecule is CCOC(=O)C1CCN(c2nc3c(C)cccc3cc2/C=C2\SC(=S)N(Cc3ccccc3Cl)C2=O)CC1. The van der Waals surface area contributed by atoms with Gasteiger partial charge in [0.05, 0.1) is 29.5 Å². The van der Waals surface area contributed by atoms with Gasteiger partial charge in [0.1, 0.15) is 10.1 Å². The molecule has 0 unspecified atom stereocenters. The van der Waals surface area contributed by atoms with Crippen molar-refractivity contribution in [2.24, 2.45) is 5.92 Å². The van der Waals surface area contributed by atoms with Gasteiger partial charge >= 0.3 is 5.97 Å². The number of aromatic nitrogens is 1. The summed E-state index contributed by atoms with van der Waals surface area (Å²) in [5.41, 5.74) is 3.72. The van der Waals surface area contributed by atoms with Crippen molar-refractivity contribution < 1.29 is 14.3 Å². The van der Waals surface area contributed by atoms with Gasteiger partial charge in [-0.15, -0.1) is 0 Å². The highest BCUT2D eigenvalue weighted by Crippen LogP contribution is 2.37. The molecule has 0 bridgehead atoms. The minimum absolute atomic E-state index is 0.0992. The van der Waals surface area contributed by atoms with E-state index in [4.69, 9.17) is 33.5 Å². The van der Waals surface area contributed by atoms with E-state index in [1.165, 1.54) is 11.8 Å². The van der Waals surface area contributed by atoms with Gasteiger partial charge in [0.25, 0.3) is 5.91 Å². The summed E-state index contributed by atoms with van der Waals surface area (Å²) in [5.74, 6) is 0.441. The topological polar surface area (TPSA) is 62.7 Å². The van der Waals surface area contributed by atoms with Crippen molar-refractivity contribution in [3.05, 3.63) is 75.1 Å². The molecule has 0 aliphatic carbocycles. The molecule has 9 heteroatoms. The predicted molar refractivity (Wildman–Crippen MR) is 158 cm³/mol. The molecule has 2 aliphatic rings. The van der Waals surface area contributed by atoms with Gasteiger partial charge in [0.15, 0.2) is 0 Å². The average Bonchev–Trinajstić information content (AvgIpc) is 3.17. The quantitative estimate of drug-likeness (QED) is 0.195. The normalized spacial score (nSPS) is 17.6. The molecule has 1 aromatic heterocycles. The standard InChI is InChI=1S/C29H28ClN3O3S2/c1-3-36-28(35)19-11-13-32(14-12-19)26-22(15-20-9-6-7-18(2)25(20)31-26)16-24-27(34)33(29(37)38-24)17-21-8-4-5-10-23(21)30/h4-10,15-16,19H,3,11-14,17H2,1-2H3/b24-16-. The van der Waals surface area contributed by atoms with Gasteiger partial charge in [-0.25, -0.2) is 4.98 Å². The van der Waals surface area contributed by atoms with E-state index < -0.39 is 0 Å². The first-order chi connectivity index (χ1) is 18.4. The first-order valence-electron chi connectivity index (χ1n) is 12.7. The number of piperidine rings is 1. The third kappa shape index (κ3) is 5.44. The lowest BCUT2D eigenvalue weighted by molar-refractivity contribution is -0.148. The molecule has 5 rings (SSSR count). The second-order valence-corrected chi connectivity index (χ2v) is 11.5. The van der Waals surface area contributed by atoms with E-state index in [0.29, 0.717) is 53.3 Å². The number of carbonyl (C=O) groups is 2. The summed E-state index contributed by atoms with van der Waals surface area (Å²) in [4.78, 5) is 35.1. The minimum atomic E-state index is -0.142. The number of hydrogen-bond acceptors (Lipinski definition) is 7. The molecular formula is C29H28ClN3O3S2. The van der Waals surface area contributed by atoms with Crippen LogP contribution in [0.1, 0.15) is 36.5 Å². The van der Waals surface area contributed by atoms with Crippen LogP contribution in [-0.2, 0) is 20.9 Å². The lowest BCUT2D eigenvalue weighted by Gasteiger charge is -2.33. The number of thioether (sulfide) groups is 1. The monoisotopic (exact) mass is 565 g/mol. The van der Waals surface area contributed by atoms with Gasteiger partial charge in [0, 0.05) is 29.1 Å². The largest absolute Gasteiger partial charge is 0.466 e. The number of halogens is 1. The van der Waals surface area contributed by atoms with Crippen molar-refractivity contribution in [2.45, 2.75) is 33.2 Å². The zero-order chi connectivity index (χ0) is 26.8. The van der Waals surface area contributed by atoms with E-state index in [0.717, 1.165) is 33.4 Å². The molecule has 2 aliphatic heterocycles. The molecule has 0 atom stereocenters. The van der Waals surface area contributed by atoms with Crippen LogP contribution in [-0.4, -0.2) is 45.8 Å². The summed E-state index contributed by atoms with van der Waals surface area (Å²) in [6, 6.07) is 15.6. The van der Waals surface area contributed by atoms with E-state index in [9.17, 15) is 9.59 Å². The van der Waals surface area contributed by atoms with Crippen LogP contribution in [0.25, 0.3) is 17.0 Å². The van der Waals surface area contributed by atoms with Crippen molar-refractivity contribution in [3.63, 3.8) is 0 Å². The zero-order valence-electron chi connectivity index (χ0n) is 21.3. The number of para-hydroxylation sites is 1. The number of aryl methyl sites for hydroxylation is 1. The first kappa shape index (κ1) is 26.7. The van der Waals surface area contributed by atoms with Gasteiger partial charge in [0.2, 0.25) is 0 Å². The first-order valence-corrected chi connectivity index (χ1v) is 14.3. The van der Waals surface area contributed by atoms with Crippen LogP contribution < -0.4 is 4.90 Å². The maximum atomic E-state index is 13.4. The van der Waals surface area contributed by atoms with Gasteiger partial charge in [-0.1, -0.05) is 72.0 Å². The smallest absolute Gasteiger partial charge is 0.309 e. The molecule has 196 valence electrons. The number of rotatable bonds is 6. The number of fused-ring (bicyclic) bond motifs is 1. The second kappa shape index (κ2) is 11.4. The number of pyridine rings is 1. The number of ether oxygens (including phenoxy) is 1. The maximum absolute atomic E-state index is 13.4. The molecule has 38 heavy (non-hydrogen) atoms. The lowest BCUT2D eigenvalue weighted by atomic mass is 9.96. The molecule has 1 amide bonds. The molecule has 0 spiro atoms. The summed E-state index contributed by atoms with van der Waals surface area (Å²) < 4.78 is 5.74. The Morgan fingerprint density at radius 3 is 2.71 bits per heavy atom. The molecular weight excluding hydrogens is 538 g/mol. The minimum Gasteiger partial charge on any atom is -0.466 e. The molecule has 3 heterocycles. The number of nitrogens with zero attached hydrogens (tertiary/aromatic N) is 3. The zero-order valence-corrected chi connectivity index (χ0v) is 23.7. The number of thiocarbonyl (C=S) groups is 1. The predicted octanol–water partition coefficient (Wildman–Crippen LogP) is 6.38. The summed E-state index contributed by atoms with van der Waals surface area (Å²) in [6.07, 6.45) is 3.30. The molecule has 3 aromatic rings. The Hall–Kier alpha value is -2.94. The molecule has 2 saturated heterocycles. The fraction of sp³-hybridized carbons (Fsp3) is 0.310. The van der Waals surface area contributed by atoms with Crippen LogP contribution in [0.3, 0.4) is 0 Å². The third-order valence-electron chi connectivity index (χ3n) is 6.92. The van der Waals surface area contributed by atoms with E-state index in [2.05, 4.69) is 11.0 Å². The number of hydrogen-bond donors (Lipinski definition) is 0. The Bertz CT molecular complexity index is 1450. The van der Waals surface area contributed by atoms with Crippen molar-refractivity contribution in [1.29, 1.82) is 0 Å². The molecule has 0 saturated carbocycles. The van der Waals surface area contributed by atoms with Crippen molar-refractivity contribution in [2.75, 3.05) is 24.6 Å². The highest BCUT2D eigenvalue weighted by molar-refractivity contribution is 8.26. The maximum Gasteiger partial charge on any atom is 0.309 e. The molecule has 0 N–H and O–H groups in total. The average molecular weight is 566 g/mol. The molecule has 2 aromatic carbocycles. The molecule has 0 radical (unpaired) electrons. The van der Waals surface area contributed by atoms with Crippen molar-refractivity contribution in [3.8, 4) is 0 Å².